The summed E-state index contributed by atoms with van der Waals surface area (Å²) in [6, 6.07) is 28.7. The number of hydrogen-bond donors (Lipinski definition) is 0. The van der Waals surface area contributed by atoms with Gasteiger partial charge in [0.2, 0.25) is 0 Å². The third-order valence-electron chi connectivity index (χ3n) is 4.75. The maximum absolute atomic E-state index is 13.3. The highest BCUT2D eigenvalue weighted by molar-refractivity contribution is 5.80. The molecule has 2 nitrogen and oxygen atoms in total. The molecule has 0 radical (unpaired) electrons. The maximum atomic E-state index is 13.3. The number of pyridine rings is 1. The Bertz CT molecular complexity index is 1100. The van der Waals surface area contributed by atoms with Crippen LogP contribution in [0.3, 0.4) is 0 Å². The smallest absolute Gasteiger partial charge is 0.254 e. The molecule has 1 heterocycles. The largest absolute Gasteiger partial charge is 0.304 e. The summed E-state index contributed by atoms with van der Waals surface area (Å²) < 4.78 is 1.91. The minimum atomic E-state index is 0.0933. The molecule has 26 heavy (non-hydrogen) atoms. The van der Waals surface area contributed by atoms with Gasteiger partial charge in [0.15, 0.2) is 0 Å². The van der Waals surface area contributed by atoms with Gasteiger partial charge in [0.25, 0.3) is 5.56 Å². The molecule has 2 heteroatoms. The number of aromatic nitrogens is 1. The zero-order valence-corrected chi connectivity index (χ0v) is 14.9. The quantitative estimate of drug-likeness (QED) is 0.516. The molecule has 0 aliphatic carbocycles. The first-order chi connectivity index (χ1) is 12.7. The fourth-order valence-corrected chi connectivity index (χ4v) is 3.41. The molecule has 0 bridgehead atoms. The molecular formula is C24H21NO. The van der Waals surface area contributed by atoms with Crippen LogP contribution in [0.2, 0.25) is 0 Å². The average molecular weight is 339 g/mol. The molecule has 0 atom stereocenters. The first kappa shape index (κ1) is 16.3. The van der Waals surface area contributed by atoms with E-state index in [0.29, 0.717) is 13.0 Å². The van der Waals surface area contributed by atoms with Crippen LogP contribution in [0.15, 0.2) is 89.7 Å². The van der Waals surface area contributed by atoms with Crippen molar-refractivity contribution in [1.29, 1.82) is 0 Å². The lowest BCUT2D eigenvalue weighted by molar-refractivity contribution is 0.782. The molecule has 0 amide bonds. The Hall–Kier alpha value is -3.13. The number of hydrogen-bond acceptors (Lipinski definition) is 1. The van der Waals surface area contributed by atoms with E-state index in [2.05, 4.69) is 49.4 Å². The molecule has 0 fully saturated rings. The molecule has 4 aromatic rings. The number of aryl methyl sites for hydroxylation is 1. The molecular weight excluding hydrogens is 318 g/mol. The molecule has 0 unspecified atom stereocenters. The fraction of sp³-hybridized carbons (Fsp3) is 0.125. The number of fused-ring (bicyclic) bond motifs is 1. The molecule has 0 aliphatic heterocycles. The lowest BCUT2D eigenvalue weighted by Gasteiger charge is -2.14. The SMILES string of the molecule is Cc1ccc2cc(Cc3ccccc3)c(=O)n(Cc3ccccc3)c2c1. The van der Waals surface area contributed by atoms with Crippen molar-refractivity contribution in [2.24, 2.45) is 0 Å². The van der Waals surface area contributed by atoms with Gasteiger partial charge in [-0.05, 0) is 41.1 Å². The van der Waals surface area contributed by atoms with E-state index < -0.39 is 0 Å². The van der Waals surface area contributed by atoms with Crippen molar-refractivity contribution in [2.75, 3.05) is 0 Å². The van der Waals surface area contributed by atoms with E-state index in [0.717, 1.165) is 33.2 Å². The van der Waals surface area contributed by atoms with Crippen molar-refractivity contribution < 1.29 is 0 Å². The minimum absolute atomic E-state index is 0.0933. The van der Waals surface area contributed by atoms with Crippen molar-refractivity contribution in [3.63, 3.8) is 0 Å². The summed E-state index contributed by atoms with van der Waals surface area (Å²) in [6.07, 6.45) is 0.651. The highest BCUT2D eigenvalue weighted by Gasteiger charge is 2.11. The standard InChI is InChI=1S/C24H21NO/c1-18-12-13-21-16-22(15-19-8-4-2-5-9-19)24(26)25(23(21)14-18)17-20-10-6-3-7-11-20/h2-14,16H,15,17H2,1H3. The second-order valence-electron chi connectivity index (χ2n) is 6.77. The lowest BCUT2D eigenvalue weighted by atomic mass is 10.0. The molecule has 1 aromatic heterocycles. The second kappa shape index (κ2) is 7.01. The van der Waals surface area contributed by atoms with E-state index in [1.165, 1.54) is 0 Å². The second-order valence-corrected chi connectivity index (χ2v) is 6.77. The Morgan fingerprint density at radius 3 is 2.12 bits per heavy atom. The van der Waals surface area contributed by atoms with Crippen molar-refractivity contribution in [1.82, 2.24) is 4.57 Å². The van der Waals surface area contributed by atoms with Gasteiger partial charge in [0.1, 0.15) is 0 Å². The first-order valence-electron chi connectivity index (χ1n) is 8.91. The molecule has 0 saturated carbocycles. The third kappa shape index (κ3) is 3.31. The van der Waals surface area contributed by atoms with Gasteiger partial charge < -0.3 is 4.57 Å². The van der Waals surface area contributed by atoms with Gasteiger partial charge in [-0.15, -0.1) is 0 Å². The monoisotopic (exact) mass is 339 g/mol. The van der Waals surface area contributed by atoms with Crippen molar-refractivity contribution in [3.05, 3.63) is 118 Å². The van der Waals surface area contributed by atoms with Crippen molar-refractivity contribution >= 4 is 10.9 Å². The molecule has 4 rings (SSSR count). The van der Waals surface area contributed by atoms with Crippen LogP contribution in [-0.2, 0) is 13.0 Å². The summed E-state index contributed by atoms with van der Waals surface area (Å²) in [5.41, 5.74) is 5.38. The highest BCUT2D eigenvalue weighted by atomic mass is 16.1. The Morgan fingerprint density at radius 2 is 1.42 bits per heavy atom. The topological polar surface area (TPSA) is 22.0 Å². The van der Waals surface area contributed by atoms with Crippen LogP contribution in [0.1, 0.15) is 22.3 Å². The van der Waals surface area contributed by atoms with Crippen molar-refractivity contribution in [3.8, 4) is 0 Å². The zero-order chi connectivity index (χ0) is 17.9. The summed E-state index contributed by atoms with van der Waals surface area (Å²) in [5, 5.41) is 1.11. The van der Waals surface area contributed by atoms with Gasteiger partial charge in [0, 0.05) is 12.0 Å². The van der Waals surface area contributed by atoms with E-state index in [4.69, 9.17) is 0 Å². The Balaban J connectivity index is 1.87. The summed E-state index contributed by atoms with van der Waals surface area (Å²) in [5.74, 6) is 0. The lowest BCUT2D eigenvalue weighted by Crippen LogP contribution is -2.25. The van der Waals surface area contributed by atoms with Gasteiger partial charge in [-0.25, -0.2) is 0 Å². The van der Waals surface area contributed by atoms with E-state index >= 15 is 0 Å². The predicted octanol–water partition coefficient (Wildman–Crippen LogP) is 4.95. The average Bonchev–Trinajstić information content (AvgIpc) is 2.67. The first-order valence-corrected chi connectivity index (χ1v) is 8.91. The summed E-state index contributed by atoms with van der Waals surface area (Å²) in [4.78, 5) is 13.3. The molecule has 0 aliphatic rings. The van der Waals surface area contributed by atoms with Gasteiger partial charge in [-0.2, -0.15) is 0 Å². The van der Waals surface area contributed by atoms with Gasteiger partial charge in [0.05, 0.1) is 12.1 Å². The van der Waals surface area contributed by atoms with Crippen molar-refractivity contribution in [2.45, 2.75) is 19.9 Å². The molecule has 0 spiro atoms. The van der Waals surface area contributed by atoms with Crippen LogP contribution >= 0.6 is 0 Å². The van der Waals surface area contributed by atoms with Crippen LogP contribution in [0.5, 0.6) is 0 Å². The number of rotatable bonds is 4. The summed E-state index contributed by atoms with van der Waals surface area (Å²) in [7, 11) is 0. The van der Waals surface area contributed by atoms with E-state index in [-0.39, 0.29) is 5.56 Å². The molecule has 3 aromatic carbocycles. The van der Waals surface area contributed by atoms with Crippen LogP contribution in [-0.4, -0.2) is 4.57 Å². The van der Waals surface area contributed by atoms with E-state index in [1.54, 1.807) is 0 Å². The van der Waals surface area contributed by atoms with Crippen LogP contribution < -0.4 is 5.56 Å². The molecule has 128 valence electrons. The molecule has 0 N–H and O–H groups in total. The molecule has 0 saturated heterocycles. The predicted molar refractivity (Wildman–Crippen MR) is 108 cm³/mol. The maximum Gasteiger partial charge on any atom is 0.254 e. The Morgan fingerprint density at radius 1 is 0.769 bits per heavy atom. The summed E-state index contributed by atoms with van der Waals surface area (Å²) in [6.45, 7) is 2.65. The fourth-order valence-electron chi connectivity index (χ4n) is 3.41. The minimum Gasteiger partial charge on any atom is -0.304 e. The van der Waals surface area contributed by atoms with Crippen LogP contribution in [0.25, 0.3) is 10.9 Å². The van der Waals surface area contributed by atoms with E-state index in [9.17, 15) is 4.79 Å². The third-order valence-corrected chi connectivity index (χ3v) is 4.75. The van der Waals surface area contributed by atoms with Gasteiger partial charge in [-0.3, -0.25) is 4.79 Å². The number of nitrogens with zero attached hydrogens (tertiary/aromatic N) is 1. The van der Waals surface area contributed by atoms with Gasteiger partial charge >= 0.3 is 0 Å². The Kier molecular flexibility index (Phi) is 4.40. The number of benzene rings is 3. The van der Waals surface area contributed by atoms with Crippen LogP contribution in [0, 0.1) is 6.92 Å². The van der Waals surface area contributed by atoms with Crippen LogP contribution in [0.4, 0.5) is 0 Å². The normalized spacial score (nSPS) is 11.0. The summed E-state index contributed by atoms with van der Waals surface area (Å²) >= 11 is 0. The Labute approximate surface area is 153 Å². The van der Waals surface area contributed by atoms with E-state index in [1.807, 2.05) is 47.0 Å². The van der Waals surface area contributed by atoms with Gasteiger partial charge in [-0.1, -0.05) is 72.8 Å². The zero-order valence-electron chi connectivity index (χ0n) is 14.9. The highest BCUT2D eigenvalue weighted by Crippen LogP contribution is 2.18.